The van der Waals surface area contributed by atoms with Gasteiger partial charge in [0.2, 0.25) is 10.0 Å². The van der Waals surface area contributed by atoms with Crippen molar-refractivity contribution in [2.45, 2.75) is 62.0 Å². The number of piperidine rings is 1. The van der Waals surface area contributed by atoms with Gasteiger partial charge in [-0.3, -0.25) is 4.90 Å². The molecule has 6 nitrogen and oxygen atoms in total. The minimum Gasteiger partial charge on any atom is -0.370 e. The molecule has 3 fully saturated rings. The molecule has 0 radical (unpaired) electrons. The average Bonchev–Trinajstić information content (AvgIpc) is 3.12. The zero-order valence-electron chi connectivity index (χ0n) is 18.7. The van der Waals surface area contributed by atoms with Crippen molar-refractivity contribution in [2.24, 2.45) is 0 Å². The van der Waals surface area contributed by atoms with Crippen LogP contribution in [0.15, 0.2) is 29.2 Å². The Labute approximate surface area is 182 Å². The van der Waals surface area contributed by atoms with E-state index in [0.717, 1.165) is 64.0 Å². The maximum absolute atomic E-state index is 13.1. The topological polar surface area (TPSA) is 53.1 Å². The molecule has 1 atom stereocenters. The molecular formula is C23H37N3O3S. The summed E-state index contributed by atoms with van der Waals surface area (Å²) in [5.41, 5.74) is 1.04. The normalized spacial score (nSPS) is 26.6. The minimum atomic E-state index is -3.43. The fourth-order valence-corrected chi connectivity index (χ4v) is 6.46. The number of benzene rings is 1. The number of hydrogen-bond acceptors (Lipinski definition) is 5. The molecule has 168 valence electrons. The number of likely N-dealkylation sites (N-methyl/N-ethyl adjacent to an activating group) is 1. The van der Waals surface area contributed by atoms with Crippen molar-refractivity contribution in [2.75, 3.05) is 52.9 Å². The minimum absolute atomic E-state index is 0.120. The van der Waals surface area contributed by atoms with Gasteiger partial charge >= 0.3 is 0 Å². The molecule has 0 amide bonds. The van der Waals surface area contributed by atoms with E-state index in [1.807, 2.05) is 12.1 Å². The molecule has 1 spiro atoms. The molecule has 30 heavy (non-hydrogen) atoms. The van der Waals surface area contributed by atoms with Gasteiger partial charge in [-0.25, -0.2) is 8.42 Å². The summed E-state index contributed by atoms with van der Waals surface area (Å²) < 4.78 is 34.4. The highest BCUT2D eigenvalue weighted by molar-refractivity contribution is 7.89. The molecule has 1 aromatic rings. The summed E-state index contributed by atoms with van der Waals surface area (Å²) >= 11 is 0. The molecule has 1 aromatic carbocycles. The Balaban J connectivity index is 1.32. The summed E-state index contributed by atoms with van der Waals surface area (Å²) in [7, 11) is -1.25. The summed E-state index contributed by atoms with van der Waals surface area (Å²) in [6.07, 6.45) is 4.04. The van der Waals surface area contributed by atoms with Gasteiger partial charge < -0.3 is 9.64 Å². The van der Waals surface area contributed by atoms with E-state index in [1.54, 1.807) is 16.4 Å². The van der Waals surface area contributed by atoms with E-state index in [4.69, 9.17) is 4.74 Å². The Morgan fingerprint density at radius 2 is 1.63 bits per heavy atom. The molecule has 1 unspecified atom stereocenters. The van der Waals surface area contributed by atoms with Crippen molar-refractivity contribution in [3.8, 4) is 0 Å². The van der Waals surface area contributed by atoms with Crippen LogP contribution in [0.2, 0.25) is 0 Å². The third kappa shape index (κ3) is 4.75. The van der Waals surface area contributed by atoms with Gasteiger partial charge in [0.1, 0.15) is 0 Å². The SMILES string of the molecule is CC(C)c1ccc(S(=O)(=O)N2CCC3(CCC(CN4CCN(C)CC4)O3)CC2)cc1. The monoisotopic (exact) mass is 435 g/mol. The molecule has 0 saturated carbocycles. The van der Waals surface area contributed by atoms with Gasteiger partial charge in [-0.1, -0.05) is 26.0 Å². The lowest BCUT2D eigenvalue weighted by Gasteiger charge is -2.39. The molecule has 0 aromatic heterocycles. The molecule has 3 saturated heterocycles. The Kier molecular flexibility index (Phi) is 6.56. The fourth-order valence-electron chi connectivity index (χ4n) is 5.02. The maximum atomic E-state index is 13.1. The molecule has 0 N–H and O–H groups in total. The van der Waals surface area contributed by atoms with Crippen molar-refractivity contribution in [1.29, 1.82) is 0 Å². The fraction of sp³-hybridized carbons (Fsp3) is 0.739. The number of nitrogens with zero attached hydrogens (tertiary/aromatic N) is 3. The lowest BCUT2D eigenvalue weighted by Crippen LogP contribution is -2.49. The quantitative estimate of drug-likeness (QED) is 0.712. The summed E-state index contributed by atoms with van der Waals surface area (Å²) in [4.78, 5) is 5.30. The number of hydrogen-bond donors (Lipinski definition) is 0. The Bertz CT molecular complexity index is 809. The van der Waals surface area contributed by atoms with Gasteiger partial charge in [-0.15, -0.1) is 0 Å². The number of ether oxygens (including phenoxy) is 1. The van der Waals surface area contributed by atoms with Crippen LogP contribution in [0, 0.1) is 0 Å². The van der Waals surface area contributed by atoms with Crippen LogP contribution >= 0.6 is 0 Å². The number of piperazine rings is 1. The first-order valence-corrected chi connectivity index (χ1v) is 12.9. The van der Waals surface area contributed by atoms with Gasteiger partial charge in [0.05, 0.1) is 16.6 Å². The number of rotatable bonds is 5. The summed E-state index contributed by atoms with van der Waals surface area (Å²) in [5, 5.41) is 0. The molecule has 4 rings (SSSR count). The maximum Gasteiger partial charge on any atom is 0.243 e. The van der Waals surface area contributed by atoms with E-state index in [0.29, 0.717) is 30.0 Å². The van der Waals surface area contributed by atoms with Crippen LogP contribution in [0.5, 0.6) is 0 Å². The van der Waals surface area contributed by atoms with Crippen LogP contribution < -0.4 is 0 Å². The third-order valence-electron chi connectivity index (χ3n) is 7.21. The Hall–Kier alpha value is -0.990. The van der Waals surface area contributed by atoms with Crippen LogP contribution in [-0.2, 0) is 14.8 Å². The molecule has 3 heterocycles. The van der Waals surface area contributed by atoms with Gasteiger partial charge in [-0.2, -0.15) is 4.31 Å². The first kappa shape index (κ1) is 22.2. The van der Waals surface area contributed by atoms with Crippen molar-refractivity contribution in [3.05, 3.63) is 29.8 Å². The smallest absolute Gasteiger partial charge is 0.243 e. The zero-order valence-corrected chi connectivity index (χ0v) is 19.5. The van der Waals surface area contributed by atoms with E-state index in [-0.39, 0.29) is 5.60 Å². The highest BCUT2D eigenvalue weighted by Crippen LogP contribution is 2.40. The van der Waals surface area contributed by atoms with Gasteiger partial charge in [-0.05, 0) is 56.3 Å². The van der Waals surface area contributed by atoms with Crippen LogP contribution in [0.4, 0.5) is 0 Å². The Morgan fingerprint density at radius 1 is 1.00 bits per heavy atom. The lowest BCUT2D eigenvalue weighted by atomic mass is 9.89. The second-order valence-corrected chi connectivity index (χ2v) is 11.6. The summed E-state index contributed by atoms with van der Waals surface area (Å²) in [6, 6.07) is 7.39. The first-order chi connectivity index (χ1) is 14.3. The van der Waals surface area contributed by atoms with Gasteiger partial charge in [0.15, 0.2) is 0 Å². The van der Waals surface area contributed by atoms with Crippen LogP contribution in [0.25, 0.3) is 0 Å². The first-order valence-electron chi connectivity index (χ1n) is 11.5. The van der Waals surface area contributed by atoms with Crippen molar-refractivity contribution < 1.29 is 13.2 Å². The summed E-state index contributed by atoms with van der Waals surface area (Å²) in [5.74, 6) is 0.398. The molecule has 0 aliphatic carbocycles. The van der Waals surface area contributed by atoms with E-state index in [9.17, 15) is 8.42 Å². The molecule has 3 aliphatic rings. The lowest BCUT2D eigenvalue weighted by molar-refractivity contribution is -0.0777. The van der Waals surface area contributed by atoms with E-state index in [1.165, 1.54) is 0 Å². The average molecular weight is 436 g/mol. The summed E-state index contributed by atoms with van der Waals surface area (Å²) in [6.45, 7) is 10.8. The number of sulfonamides is 1. The second kappa shape index (κ2) is 8.87. The van der Waals surface area contributed by atoms with Gasteiger partial charge in [0.25, 0.3) is 0 Å². The molecule has 0 bridgehead atoms. The largest absolute Gasteiger partial charge is 0.370 e. The molecule has 3 aliphatic heterocycles. The van der Waals surface area contributed by atoms with Crippen molar-refractivity contribution >= 4 is 10.0 Å². The predicted molar refractivity (Wildman–Crippen MR) is 119 cm³/mol. The predicted octanol–water partition coefficient (Wildman–Crippen LogP) is 2.76. The highest BCUT2D eigenvalue weighted by atomic mass is 32.2. The zero-order chi connectivity index (χ0) is 21.4. The third-order valence-corrected chi connectivity index (χ3v) is 9.13. The highest BCUT2D eigenvalue weighted by Gasteiger charge is 2.44. The van der Waals surface area contributed by atoms with Crippen molar-refractivity contribution in [1.82, 2.24) is 14.1 Å². The van der Waals surface area contributed by atoms with Gasteiger partial charge in [0, 0.05) is 45.8 Å². The van der Waals surface area contributed by atoms with Crippen LogP contribution in [0.1, 0.15) is 51.0 Å². The van der Waals surface area contributed by atoms with Crippen LogP contribution in [-0.4, -0.2) is 87.1 Å². The molecular weight excluding hydrogens is 398 g/mol. The molecule has 7 heteroatoms. The van der Waals surface area contributed by atoms with Crippen LogP contribution in [0.3, 0.4) is 0 Å². The second-order valence-electron chi connectivity index (χ2n) is 9.69. The van der Waals surface area contributed by atoms with Crippen molar-refractivity contribution in [3.63, 3.8) is 0 Å². The van der Waals surface area contributed by atoms with E-state index >= 15 is 0 Å². The van der Waals surface area contributed by atoms with E-state index in [2.05, 4.69) is 30.7 Å². The van der Waals surface area contributed by atoms with E-state index < -0.39 is 10.0 Å². The Morgan fingerprint density at radius 3 is 2.23 bits per heavy atom. The standard InChI is InChI=1S/C23H37N3O3S/c1-19(2)20-4-6-22(7-5-20)30(27,28)26-12-10-23(11-13-26)9-8-21(29-23)18-25-16-14-24(3)15-17-25/h4-7,19,21H,8-18H2,1-3H3.